The molecule has 1 aromatic rings. The van der Waals surface area contributed by atoms with Crippen molar-refractivity contribution in [1.29, 1.82) is 0 Å². The molecule has 0 aromatic heterocycles. The quantitative estimate of drug-likeness (QED) is 0.589. The van der Waals surface area contributed by atoms with E-state index in [2.05, 4.69) is 0 Å². The van der Waals surface area contributed by atoms with Gasteiger partial charge in [-0.15, -0.1) is 11.8 Å². The van der Waals surface area contributed by atoms with E-state index in [0.717, 1.165) is 4.90 Å². The van der Waals surface area contributed by atoms with Gasteiger partial charge in [0.2, 0.25) is 0 Å². The number of methoxy groups -OCH3 is 1. The summed E-state index contributed by atoms with van der Waals surface area (Å²) in [6.45, 7) is 1.54. The first kappa shape index (κ1) is 16.9. The minimum atomic E-state index is -0.0223. The molecule has 0 atom stereocenters. The van der Waals surface area contributed by atoms with E-state index >= 15 is 0 Å². The zero-order chi connectivity index (χ0) is 15.0. The summed E-state index contributed by atoms with van der Waals surface area (Å²) in [6.07, 6.45) is 2.53. The van der Waals surface area contributed by atoms with Crippen LogP contribution in [0.25, 0.3) is 0 Å². The van der Waals surface area contributed by atoms with Crippen molar-refractivity contribution in [3.05, 3.63) is 29.8 Å². The summed E-state index contributed by atoms with van der Waals surface area (Å²) in [7, 11) is 1.61. The average molecular weight is 312 g/mol. The van der Waals surface area contributed by atoms with E-state index in [1.165, 1.54) is 0 Å². The van der Waals surface area contributed by atoms with Gasteiger partial charge in [-0.25, -0.2) is 0 Å². The van der Waals surface area contributed by atoms with Gasteiger partial charge < -0.3 is 15.4 Å². The number of nitrogens with two attached hydrogens (primary N) is 1. The maximum absolute atomic E-state index is 12.4. The Kier molecular flexibility index (Phi) is 7.58. The lowest BCUT2D eigenvalue weighted by atomic mass is 10.2. The molecule has 1 aromatic carbocycles. The molecule has 1 rings (SSSR count). The van der Waals surface area contributed by atoms with E-state index in [1.807, 2.05) is 30.5 Å². The molecule has 0 fully saturated rings. The second-order valence-electron chi connectivity index (χ2n) is 4.23. The van der Waals surface area contributed by atoms with Crippen LogP contribution in [0.2, 0.25) is 0 Å². The molecule has 20 heavy (non-hydrogen) atoms. The highest BCUT2D eigenvalue weighted by molar-refractivity contribution is 7.98. The van der Waals surface area contributed by atoms with Crippen LogP contribution in [0.4, 0.5) is 0 Å². The lowest BCUT2D eigenvalue weighted by molar-refractivity contribution is 0.0701. The monoisotopic (exact) mass is 312 g/mol. The summed E-state index contributed by atoms with van der Waals surface area (Å²) in [5.74, 6) is -0.0223. The first-order chi connectivity index (χ1) is 9.58. The van der Waals surface area contributed by atoms with Gasteiger partial charge in [-0.2, -0.15) is 0 Å². The van der Waals surface area contributed by atoms with Gasteiger partial charge in [0.1, 0.15) is 0 Å². The van der Waals surface area contributed by atoms with Crippen molar-refractivity contribution in [2.75, 3.05) is 33.1 Å². The van der Waals surface area contributed by atoms with Crippen molar-refractivity contribution >= 4 is 34.9 Å². The fourth-order valence-electron chi connectivity index (χ4n) is 1.68. The molecule has 0 heterocycles. The fourth-order valence-corrected chi connectivity index (χ4v) is 2.18. The van der Waals surface area contributed by atoms with Gasteiger partial charge in [-0.05, 0) is 30.5 Å². The third-order valence-electron chi connectivity index (χ3n) is 2.82. The summed E-state index contributed by atoms with van der Waals surface area (Å²) in [5.41, 5.74) is 6.17. The summed E-state index contributed by atoms with van der Waals surface area (Å²) in [4.78, 5) is 15.7. The minimum absolute atomic E-state index is 0.0223. The molecule has 1 amide bonds. The van der Waals surface area contributed by atoms with Gasteiger partial charge in [-0.1, -0.05) is 12.2 Å². The Labute approximate surface area is 129 Å². The predicted octanol–water partition coefficient (Wildman–Crippen LogP) is 2.17. The number of carbonyl (C=O) groups excluding carboxylic acids is 1. The third kappa shape index (κ3) is 5.48. The number of benzene rings is 1. The van der Waals surface area contributed by atoms with Crippen molar-refractivity contribution in [1.82, 2.24) is 4.90 Å². The minimum Gasteiger partial charge on any atom is -0.393 e. The lowest BCUT2D eigenvalue weighted by Gasteiger charge is -2.22. The highest BCUT2D eigenvalue weighted by Gasteiger charge is 2.15. The lowest BCUT2D eigenvalue weighted by Crippen LogP contribution is -2.36. The van der Waals surface area contributed by atoms with Crippen molar-refractivity contribution < 1.29 is 9.53 Å². The molecule has 0 bridgehead atoms. The standard InChI is InChI=1S/C14H20N2O2S2/c1-18-10-9-16(8-7-13(15)19)14(17)11-3-5-12(20-2)6-4-11/h3-6H,7-10H2,1-2H3,(H2,15,19). The van der Waals surface area contributed by atoms with Crippen molar-refractivity contribution in [3.63, 3.8) is 0 Å². The Morgan fingerprint density at radius 3 is 2.50 bits per heavy atom. The molecule has 0 unspecified atom stereocenters. The van der Waals surface area contributed by atoms with E-state index < -0.39 is 0 Å². The average Bonchev–Trinajstić information content (AvgIpc) is 2.46. The number of thioether (sulfide) groups is 1. The van der Waals surface area contributed by atoms with E-state index in [0.29, 0.717) is 36.7 Å². The number of thiocarbonyl (C=S) groups is 1. The highest BCUT2D eigenvalue weighted by atomic mass is 32.2. The Morgan fingerprint density at radius 2 is 2.00 bits per heavy atom. The van der Waals surface area contributed by atoms with Gasteiger partial charge in [0, 0.05) is 37.1 Å². The largest absolute Gasteiger partial charge is 0.393 e. The zero-order valence-electron chi connectivity index (χ0n) is 11.8. The SMILES string of the molecule is COCCN(CCC(N)=S)C(=O)c1ccc(SC)cc1. The smallest absolute Gasteiger partial charge is 0.253 e. The number of carbonyl (C=O) groups is 1. The van der Waals surface area contributed by atoms with Crippen LogP contribution in [0.15, 0.2) is 29.2 Å². The molecule has 0 spiro atoms. The number of rotatable bonds is 8. The van der Waals surface area contributed by atoms with Crippen LogP contribution < -0.4 is 5.73 Å². The van der Waals surface area contributed by atoms with Gasteiger partial charge in [0.15, 0.2) is 0 Å². The van der Waals surface area contributed by atoms with E-state index in [9.17, 15) is 4.79 Å². The van der Waals surface area contributed by atoms with Crippen LogP contribution in [0, 0.1) is 0 Å². The number of ether oxygens (including phenoxy) is 1. The molecule has 4 nitrogen and oxygen atoms in total. The predicted molar refractivity (Wildman–Crippen MR) is 87.4 cm³/mol. The van der Waals surface area contributed by atoms with Crippen LogP contribution in [0.3, 0.4) is 0 Å². The number of amides is 1. The van der Waals surface area contributed by atoms with Crippen molar-refractivity contribution in [2.24, 2.45) is 5.73 Å². The van der Waals surface area contributed by atoms with Gasteiger partial charge >= 0.3 is 0 Å². The Hall–Kier alpha value is -1.11. The fraction of sp³-hybridized carbons (Fsp3) is 0.429. The Balaban J connectivity index is 2.76. The normalized spacial score (nSPS) is 10.3. The van der Waals surface area contributed by atoms with E-state index in [4.69, 9.17) is 22.7 Å². The topological polar surface area (TPSA) is 55.6 Å². The first-order valence-corrected chi connectivity index (χ1v) is 7.92. The van der Waals surface area contributed by atoms with Gasteiger partial charge in [0.25, 0.3) is 5.91 Å². The van der Waals surface area contributed by atoms with Crippen LogP contribution in [0.5, 0.6) is 0 Å². The Morgan fingerprint density at radius 1 is 1.35 bits per heavy atom. The molecule has 0 aliphatic carbocycles. The van der Waals surface area contributed by atoms with Crippen LogP contribution in [-0.4, -0.2) is 48.9 Å². The second-order valence-corrected chi connectivity index (χ2v) is 5.63. The van der Waals surface area contributed by atoms with E-state index in [-0.39, 0.29) is 5.91 Å². The van der Waals surface area contributed by atoms with Gasteiger partial charge in [0.05, 0.1) is 11.6 Å². The maximum Gasteiger partial charge on any atom is 0.253 e. The molecule has 0 aliphatic heterocycles. The molecular weight excluding hydrogens is 292 g/mol. The Bertz CT molecular complexity index is 449. The second kappa shape index (κ2) is 8.94. The summed E-state index contributed by atoms with van der Waals surface area (Å²) >= 11 is 6.52. The molecule has 2 N–H and O–H groups in total. The zero-order valence-corrected chi connectivity index (χ0v) is 13.4. The summed E-state index contributed by atoms with van der Waals surface area (Å²) < 4.78 is 5.04. The van der Waals surface area contributed by atoms with Crippen molar-refractivity contribution in [3.8, 4) is 0 Å². The first-order valence-electron chi connectivity index (χ1n) is 6.29. The molecule has 0 aliphatic rings. The molecule has 0 saturated heterocycles. The molecule has 110 valence electrons. The number of nitrogens with zero attached hydrogens (tertiary/aromatic N) is 1. The summed E-state index contributed by atoms with van der Waals surface area (Å²) in [6, 6.07) is 7.57. The molecule has 0 radical (unpaired) electrons. The van der Waals surface area contributed by atoms with Gasteiger partial charge in [-0.3, -0.25) is 4.79 Å². The van der Waals surface area contributed by atoms with Crippen molar-refractivity contribution in [2.45, 2.75) is 11.3 Å². The van der Waals surface area contributed by atoms with Crippen LogP contribution in [0.1, 0.15) is 16.8 Å². The third-order valence-corrected chi connectivity index (χ3v) is 3.77. The van der Waals surface area contributed by atoms with Crippen LogP contribution in [-0.2, 0) is 4.74 Å². The molecule has 0 saturated carbocycles. The number of hydrogen-bond donors (Lipinski definition) is 1. The summed E-state index contributed by atoms with van der Waals surface area (Å²) in [5, 5.41) is 0. The maximum atomic E-state index is 12.4. The van der Waals surface area contributed by atoms with E-state index in [1.54, 1.807) is 23.8 Å². The molecule has 6 heteroatoms. The number of hydrogen-bond acceptors (Lipinski definition) is 4. The highest BCUT2D eigenvalue weighted by Crippen LogP contribution is 2.16. The van der Waals surface area contributed by atoms with Crippen LogP contribution >= 0.6 is 24.0 Å². The molecular formula is C14H20N2O2S2.